The van der Waals surface area contributed by atoms with Gasteiger partial charge in [0.05, 0.1) is 38.9 Å². The molecular formula is C41H38ClN7O9S2. The van der Waals surface area contributed by atoms with Crippen molar-refractivity contribution in [3.63, 3.8) is 0 Å². The highest BCUT2D eigenvalue weighted by Gasteiger charge is 2.23. The number of halogens is 1. The molecule has 0 radical (unpaired) electrons. The molecule has 19 heteroatoms. The van der Waals surface area contributed by atoms with Gasteiger partial charge in [-0.3, -0.25) is 0 Å². The lowest BCUT2D eigenvalue weighted by molar-refractivity contribution is 0.0686. The number of carboxylic acid groups (broad SMARTS) is 2. The molecule has 0 bridgehead atoms. The number of benzene rings is 4. The van der Waals surface area contributed by atoms with Crippen LogP contribution in [-0.4, -0.2) is 71.6 Å². The first-order valence-corrected chi connectivity index (χ1v) is 21.4. The fraction of sp³-hybridized carbons (Fsp3) is 0.171. The topological polar surface area (TPSA) is 240 Å². The molecule has 0 aliphatic rings. The molecule has 4 aromatic carbocycles. The second-order valence-electron chi connectivity index (χ2n) is 13.8. The van der Waals surface area contributed by atoms with Crippen molar-refractivity contribution in [1.82, 2.24) is 19.9 Å². The van der Waals surface area contributed by atoms with Gasteiger partial charge in [0.1, 0.15) is 11.3 Å². The van der Waals surface area contributed by atoms with Crippen molar-refractivity contribution in [2.24, 2.45) is 0 Å². The van der Waals surface area contributed by atoms with Gasteiger partial charge in [-0.05, 0) is 93.3 Å². The van der Waals surface area contributed by atoms with Crippen LogP contribution in [0.25, 0.3) is 22.5 Å². The molecule has 0 unspecified atom stereocenters. The molecule has 0 saturated carbocycles. The van der Waals surface area contributed by atoms with Crippen LogP contribution in [0.5, 0.6) is 5.88 Å². The van der Waals surface area contributed by atoms with Gasteiger partial charge in [-0.2, -0.15) is 4.98 Å². The van der Waals surface area contributed by atoms with E-state index in [0.717, 1.165) is 39.9 Å². The smallest absolute Gasteiger partial charge is 0.335 e. The quantitative estimate of drug-likeness (QED) is 0.0634. The zero-order valence-corrected chi connectivity index (χ0v) is 35.1. The van der Waals surface area contributed by atoms with Crippen molar-refractivity contribution < 1.29 is 41.4 Å². The number of aromatic nitrogens is 4. The van der Waals surface area contributed by atoms with Crippen LogP contribution < -0.4 is 19.5 Å². The number of carbonyl (C=O) groups is 2. The highest BCUT2D eigenvalue weighted by atomic mass is 35.5. The predicted molar refractivity (Wildman–Crippen MR) is 226 cm³/mol. The number of ether oxygens (including phenoxy) is 1. The van der Waals surface area contributed by atoms with Crippen molar-refractivity contribution in [2.75, 3.05) is 21.3 Å². The number of anilines is 3. The molecule has 60 heavy (non-hydrogen) atoms. The largest absolute Gasteiger partial charge is 0.478 e. The van der Waals surface area contributed by atoms with E-state index in [1.165, 1.54) is 42.5 Å². The Balaban J connectivity index is 1.26. The standard InChI is InChI=1S/C41H38ClN7O9S2/c1-22-9-6-10-23(2)36(22)32-19-34(42)46-40(44-32)48-60(56,57)31-17-28(39(52)53)15-29(18-31)43-21-26(5)58-35-20-33(37-24(3)11-7-12-25(37)4)45-41(47-35)49-59(54,55)30-14-8-13-27(16-30)38(50)51/h6-20,26,43H,21H2,1-5H3,(H,50,51)(H,52,53)(H,44,46,48)(H,45,47,49)/t26-/m1/s1. The number of hydrogen-bond acceptors (Lipinski definition) is 12. The van der Waals surface area contributed by atoms with E-state index in [2.05, 4.69) is 34.7 Å². The maximum absolute atomic E-state index is 13.7. The number of carboxylic acids is 2. The van der Waals surface area contributed by atoms with Crippen LogP contribution in [0.3, 0.4) is 0 Å². The SMILES string of the molecule is Cc1cccc(C)c1-c1cc(Cl)nc(NS(=O)(=O)c2cc(NC[C@@H](C)Oc3cc(-c4c(C)cccc4C)nc(NS(=O)(=O)c4cccc(C(=O)O)c4)n3)cc(C(=O)O)c2)n1. The first-order valence-electron chi connectivity index (χ1n) is 18.0. The van der Waals surface area contributed by atoms with Gasteiger partial charge in [-0.15, -0.1) is 0 Å². The average Bonchev–Trinajstić information content (AvgIpc) is 3.16. The molecule has 0 aliphatic heterocycles. The van der Waals surface area contributed by atoms with Gasteiger partial charge in [0.25, 0.3) is 20.0 Å². The van der Waals surface area contributed by atoms with Gasteiger partial charge < -0.3 is 20.3 Å². The Labute approximate surface area is 350 Å². The van der Waals surface area contributed by atoms with Gasteiger partial charge in [-0.25, -0.2) is 50.8 Å². The van der Waals surface area contributed by atoms with E-state index in [9.17, 15) is 36.6 Å². The minimum absolute atomic E-state index is 0.0156. The number of aromatic carboxylic acids is 2. The van der Waals surface area contributed by atoms with Gasteiger partial charge in [0.15, 0.2) is 0 Å². The second-order valence-corrected chi connectivity index (χ2v) is 17.5. The molecule has 2 heterocycles. The minimum Gasteiger partial charge on any atom is -0.478 e. The first-order chi connectivity index (χ1) is 28.3. The third-order valence-electron chi connectivity index (χ3n) is 9.09. The maximum Gasteiger partial charge on any atom is 0.335 e. The number of aryl methyl sites for hydroxylation is 4. The summed E-state index contributed by atoms with van der Waals surface area (Å²) in [6, 6.07) is 22.5. The fourth-order valence-corrected chi connectivity index (χ4v) is 8.52. The lowest BCUT2D eigenvalue weighted by Gasteiger charge is -2.18. The van der Waals surface area contributed by atoms with E-state index in [1.54, 1.807) is 6.92 Å². The van der Waals surface area contributed by atoms with Crippen molar-refractivity contribution in [1.29, 1.82) is 0 Å². The Kier molecular flexibility index (Phi) is 12.4. The molecule has 0 fully saturated rings. The fourth-order valence-electron chi connectivity index (χ4n) is 6.33. The van der Waals surface area contributed by atoms with Crippen LogP contribution in [0.15, 0.2) is 101 Å². The molecule has 0 spiro atoms. The summed E-state index contributed by atoms with van der Waals surface area (Å²) in [6.07, 6.45) is -0.739. The zero-order valence-electron chi connectivity index (χ0n) is 32.7. The third kappa shape index (κ3) is 9.96. The Morgan fingerprint density at radius 3 is 1.72 bits per heavy atom. The summed E-state index contributed by atoms with van der Waals surface area (Å²) in [7, 11) is -8.84. The van der Waals surface area contributed by atoms with E-state index in [4.69, 9.17) is 16.3 Å². The zero-order chi connectivity index (χ0) is 43.5. The van der Waals surface area contributed by atoms with Crippen molar-refractivity contribution >= 4 is 61.2 Å². The Morgan fingerprint density at radius 1 is 0.650 bits per heavy atom. The summed E-state index contributed by atoms with van der Waals surface area (Å²) >= 11 is 6.29. The van der Waals surface area contributed by atoms with Crippen LogP contribution >= 0.6 is 11.6 Å². The van der Waals surface area contributed by atoms with E-state index < -0.39 is 43.0 Å². The van der Waals surface area contributed by atoms with E-state index in [-0.39, 0.29) is 51.2 Å². The molecule has 6 aromatic rings. The molecule has 0 saturated heterocycles. The van der Waals surface area contributed by atoms with Gasteiger partial charge in [-0.1, -0.05) is 54.1 Å². The van der Waals surface area contributed by atoms with Crippen LogP contribution in [0.1, 0.15) is 49.9 Å². The number of hydrogen-bond donors (Lipinski definition) is 5. The van der Waals surface area contributed by atoms with Crippen LogP contribution in [0.4, 0.5) is 17.6 Å². The molecule has 310 valence electrons. The van der Waals surface area contributed by atoms with Crippen molar-refractivity contribution in [2.45, 2.75) is 50.5 Å². The van der Waals surface area contributed by atoms with Crippen molar-refractivity contribution in [3.8, 4) is 28.4 Å². The summed E-state index contributed by atoms with van der Waals surface area (Å²) in [5.74, 6) is -3.41. The van der Waals surface area contributed by atoms with Crippen LogP contribution in [0, 0.1) is 27.7 Å². The summed E-state index contributed by atoms with van der Waals surface area (Å²) < 4.78 is 65.0. The second kappa shape index (κ2) is 17.3. The van der Waals surface area contributed by atoms with Gasteiger partial charge in [0, 0.05) is 28.9 Å². The molecule has 2 aromatic heterocycles. The lowest BCUT2D eigenvalue weighted by Crippen LogP contribution is -2.24. The maximum atomic E-state index is 13.7. The average molecular weight is 872 g/mol. The molecule has 1 atom stereocenters. The molecular weight excluding hydrogens is 834 g/mol. The summed E-state index contributed by atoms with van der Waals surface area (Å²) in [6.45, 7) is 9.12. The van der Waals surface area contributed by atoms with Crippen LogP contribution in [0.2, 0.25) is 5.15 Å². The normalized spacial score (nSPS) is 12.0. The number of rotatable bonds is 15. The monoisotopic (exact) mass is 871 g/mol. The third-order valence-corrected chi connectivity index (χ3v) is 11.9. The number of sulfonamides is 2. The van der Waals surface area contributed by atoms with Crippen molar-refractivity contribution in [3.05, 3.63) is 130 Å². The van der Waals surface area contributed by atoms with Gasteiger partial charge in [0.2, 0.25) is 17.8 Å². The summed E-state index contributed by atoms with van der Waals surface area (Å²) in [5.41, 5.74) is 5.14. The van der Waals surface area contributed by atoms with E-state index in [1.807, 2.05) is 64.1 Å². The highest BCUT2D eigenvalue weighted by molar-refractivity contribution is 7.93. The Bertz CT molecular complexity index is 2850. The van der Waals surface area contributed by atoms with E-state index in [0.29, 0.717) is 17.0 Å². The molecule has 16 nitrogen and oxygen atoms in total. The number of nitrogens with one attached hydrogen (secondary N) is 3. The molecule has 5 N–H and O–H groups in total. The predicted octanol–water partition coefficient (Wildman–Crippen LogP) is 7.37. The van der Waals surface area contributed by atoms with Gasteiger partial charge >= 0.3 is 11.9 Å². The number of nitrogens with zero attached hydrogens (tertiary/aromatic N) is 4. The molecule has 6 rings (SSSR count). The Hall–Kier alpha value is -6.63. The first kappa shape index (κ1) is 43.0. The Morgan fingerprint density at radius 2 is 1.15 bits per heavy atom. The highest BCUT2D eigenvalue weighted by Crippen LogP contribution is 2.31. The summed E-state index contributed by atoms with van der Waals surface area (Å²) in [4.78, 5) is 40.1. The molecule has 0 aliphatic carbocycles. The molecule has 0 amide bonds. The van der Waals surface area contributed by atoms with Crippen LogP contribution in [-0.2, 0) is 20.0 Å². The summed E-state index contributed by atoms with van der Waals surface area (Å²) in [5, 5.41) is 22.3. The lowest BCUT2D eigenvalue weighted by atomic mass is 10.00. The minimum atomic E-state index is -4.47. The van der Waals surface area contributed by atoms with E-state index >= 15 is 0 Å².